The average Bonchev–Trinajstić information content (AvgIpc) is 3.23. The maximum atomic E-state index is 12.7. The molecule has 2 aromatic heterocycles. The van der Waals surface area contributed by atoms with E-state index in [-0.39, 0.29) is 5.91 Å². The van der Waals surface area contributed by atoms with Gasteiger partial charge in [-0.3, -0.25) is 14.5 Å². The largest absolute Gasteiger partial charge is 0.324 e. The molecule has 0 spiro atoms. The molecular formula is C16H16N4OS3. The Kier molecular flexibility index (Phi) is 5.17. The lowest BCUT2D eigenvalue weighted by Crippen LogP contribution is -2.24. The molecular weight excluding hydrogens is 360 g/mol. The lowest BCUT2D eigenvalue weighted by Gasteiger charge is -2.15. The van der Waals surface area contributed by atoms with Gasteiger partial charge in [-0.1, -0.05) is 12.1 Å². The summed E-state index contributed by atoms with van der Waals surface area (Å²) in [7, 11) is 0. The number of amides is 1. The third-order valence-electron chi connectivity index (χ3n) is 3.55. The molecule has 0 aliphatic heterocycles. The zero-order chi connectivity index (χ0) is 17.1. The Balaban J connectivity index is 1.86. The number of H-pyrrole nitrogens is 1. The monoisotopic (exact) mass is 376 g/mol. The van der Waals surface area contributed by atoms with Gasteiger partial charge in [0, 0.05) is 10.6 Å². The molecule has 0 aliphatic carbocycles. The zero-order valence-corrected chi connectivity index (χ0v) is 15.6. The second kappa shape index (κ2) is 7.33. The summed E-state index contributed by atoms with van der Waals surface area (Å²) in [4.78, 5) is 14.7. The third-order valence-corrected chi connectivity index (χ3v) is 5.43. The van der Waals surface area contributed by atoms with Crippen molar-refractivity contribution >= 4 is 46.9 Å². The first-order chi connectivity index (χ1) is 11.6. The number of aromatic nitrogens is 3. The van der Waals surface area contributed by atoms with E-state index in [1.54, 1.807) is 27.7 Å². The van der Waals surface area contributed by atoms with Gasteiger partial charge in [0.05, 0.1) is 4.88 Å². The Bertz CT molecular complexity index is 898. The van der Waals surface area contributed by atoms with E-state index in [1.807, 2.05) is 55.0 Å². The van der Waals surface area contributed by atoms with E-state index in [2.05, 4.69) is 15.5 Å². The molecule has 1 aromatic carbocycles. The fourth-order valence-electron chi connectivity index (χ4n) is 2.31. The maximum Gasteiger partial charge on any atom is 0.247 e. The lowest BCUT2D eigenvalue weighted by molar-refractivity contribution is -0.118. The second-order valence-electron chi connectivity index (χ2n) is 5.10. The molecule has 1 amide bonds. The standard InChI is InChI=1S/C16H16N4OS3/c1-10(15(21)17-11-5-3-6-12(9-11)23-2)20-14(18-19-16(20)22)13-7-4-8-24-13/h3-10H,1-2H3,(H,17,21)(H,19,22)/t10-/m1/s1. The summed E-state index contributed by atoms with van der Waals surface area (Å²) < 4.78 is 2.17. The minimum absolute atomic E-state index is 0.136. The predicted octanol–water partition coefficient (Wildman–Crippen LogP) is 4.59. The number of hydrogen-bond acceptors (Lipinski definition) is 5. The van der Waals surface area contributed by atoms with Gasteiger partial charge in [-0.05, 0) is 55.0 Å². The SMILES string of the molecule is CSc1cccc(NC(=O)[C@@H](C)n2c(-c3cccs3)n[nH]c2=S)c1. The van der Waals surface area contributed by atoms with Gasteiger partial charge < -0.3 is 5.32 Å². The molecule has 0 unspecified atom stereocenters. The molecule has 0 saturated heterocycles. The summed E-state index contributed by atoms with van der Waals surface area (Å²) in [6.07, 6.45) is 2.00. The highest BCUT2D eigenvalue weighted by molar-refractivity contribution is 7.98. The molecule has 3 rings (SSSR count). The van der Waals surface area contributed by atoms with Gasteiger partial charge in [0.2, 0.25) is 5.91 Å². The average molecular weight is 377 g/mol. The molecule has 24 heavy (non-hydrogen) atoms. The maximum absolute atomic E-state index is 12.7. The Labute approximate surface area is 153 Å². The number of anilines is 1. The minimum atomic E-state index is -0.480. The Morgan fingerprint density at radius 3 is 2.96 bits per heavy atom. The van der Waals surface area contributed by atoms with Crippen LogP contribution >= 0.6 is 35.3 Å². The number of rotatable bonds is 5. The quantitative estimate of drug-likeness (QED) is 0.505. The van der Waals surface area contributed by atoms with E-state index in [0.717, 1.165) is 15.5 Å². The Morgan fingerprint density at radius 1 is 1.42 bits per heavy atom. The number of hydrogen-bond donors (Lipinski definition) is 2. The summed E-state index contributed by atoms with van der Waals surface area (Å²) in [5.74, 6) is 0.541. The molecule has 3 aromatic rings. The van der Waals surface area contributed by atoms with Crippen molar-refractivity contribution in [3.8, 4) is 10.7 Å². The summed E-state index contributed by atoms with van der Waals surface area (Å²) in [5, 5.41) is 12.0. The van der Waals surface area contributed by atoms with Gasteiger partial charge in [-0.2, -0.15) is 5.10 Å². The normalized spacial score (nSPS) is 12.1. The van der Waals surface area contributed by atoms with E-state index in [9.17, 15) is 4.79 Å². The molecule has 0 bridgehead atoms. The molecule has 1 atom stereocenters. The van der Waals surface area contributed by atoms with Crippen LogP contribution in [0, 0.1) is 4.77 Å². The Hall–Kier alpha value is -1.90. The van der Waals surface area contributed by atoms with Gasteiger partial charge in [0.25, 0.3) is 0 Å². The van der Waals surface area contributed by atoms with E-state index in [4.69, 9.17) is 12.2 Å². The van der Waals surface area contributed by atoms with E-state index in [1.165, 1.54) is 0 Å². The first-order valence-corrected chi connectivity index (χ1v) is 9.77. The van der Waals surface area contributed by atoms with Crippen molar-refractivity contribution in [2.24, 2.45) is 0 Å². The van der Waals surface area contributed by atoms with Crippen LogP contribution in [0.25, 0.3) is 10.7 Å². The predicted molar refractivity (Wildman–Crippen MR) is 102 cm³/mol. The number of thioether (sulfide) groups is 1. The third kappa shape index (κ3) is 3.45. The summed E-state index contributed by atoms with van der Waals surface area (Å²) in [5.41, 5.74) is 0.770. The Morgan fingerprint density at radius 2 is 2.25 bits per heavy atom. The number of benzene rings is 1. The fourth-order valence-corrected chi connectivity index (χ4v) is 3.77. The van der Waals surface area contributed by atoms with Gasteiger partial charge in [-0.15, -0.1) is 23.1 Å². The van der Waals surface area contributed by atoms with Gasteiger partial charge in [-0.25, -0.2) is 0 Å². The molecule has 0 aliphatic rings. The molecule has 5 nitrogen and oxygen atoms in total. The van der Waals surface area contributed by atoms with Crippen molar-refractivity contribution in [2.45, 2.75) is 17.9 Å². The first-order valence-electron chi connectivity index (χ1n) is 7.26. The van der Waals surface area contributed by atoms with Crippen LogP contribution in [0.1, 0.15) is 13.0 Å². The van der Waals surface area contributed by atoms with Crippen molar-refractivity contribution in [3.63, 3.8) is 0 Å². The number of aromatic amines is 1. The van der Waals surface area contributed by atoms with Crippen molar-refractivity contribution in [1.82, 2.24) is 14.8 Å². The topological polar surface area (TPSA) is 62.7 Å². The van der Waals surface area contributed by atoms with Crippen LogP contribution in [-0.4, -0.2) is 26.9 Å². The van der Waals surface area contributed by atoms with Crippen LogP contribution in [0.3, 0.4) is 0 Å². The molecule has 2 heterocycles. The smallest absolute Gasteiger partial charge is 0.247 e. The van der Waals surface area contributed by atoms with Crippen LogP contribution in [0.15, 0.2) is 46.7 Å². The van der Waals surface area contributed by atoms with Crippen LogP contribution < -0.4 is 5.32 Å². The number of carbonyl (C=O) groups excluding carboxylic acids is 1. The van der Waals surface area contributed by atoms with Crippen LogP contribution in [0.2, 0.25) is 0 Å². The summed E-state index contributed by atoms with van der Waals surface area (Å²) >= 11 is 8.50. The van der Waals surface area contributed by atoms with Crippen molar-refractivity contribution in [1.29, 1.82) is 0 Å². The number of carbonyl (C=O) groups is 1. The van der Waals surface area contributed by atoms with E-state index in [0.29, 0.717) is 10.6 Å². The summed E-state index contributed by atoms with van der Waals surface area (Å²) in [6, 6.07) is 11.2. The summed E-state index contributed by atoms with van der Waals surface area (Å²) in [6.45, 7) is 1.82. The number of nitrogens with one attached hydrogen (secondary N) is 2. The molecule has 0 radical (unpaired) electrons. The van der Waals surface area contributed by atoms with E-state index >= 15 is 0 Å². The van der Waals surface area contributed by atoms with Crippen molar-refractivity contribution in [3.05, 3.63) is 46.5 Å². The minimum Gasteiger partial charge on any atom is -0.324 e. The van der Waals surface area contributed by atoms with Crippen molar-refractivity contribution < 1.29 is 4.79 Å². The second-order valence-corrected chi connectivity index (χ2v) is 7.31. The molecule has 0 fully saturated rings. The number of nitrogens with zero attached hydrogens (tertiary/aromatic N) is 2. The van der Waals surface area contributed by atoms with Crippen molar-refractivity contribution in [2.75, 3.05) is 11.6 Å². The number of thiophene rings is 1. The highest BCUT2D eigenvalue weighted by Gasteiger charge is 2.21. The van der Waals surface area contributed by atoms with Gasteiger partial charge in [0.1, 0.15) is 6.04 Å². The highest BCUT2D eigenvalue weighted by Crippen LogP contribution is 2.26. The van der Waals surface area contributed by atoms with Crippen LogP contribution in [0.5, 0.6) is 0 Å². The van der Waals surface area contributed by atoms with Crippen LogP contribution in [0.4, 0.5) is 5.69 Å². The van der Waals surface area contributed by atoms with Gasteiger partial charge in [0.15, 0.2) is 10.6 Å². The molecule has 0 saturated carbocycles. The fraction of sp³-hybridized carbons (Fsp3) is 0.188. The lowest BCUT2D eigenvalue weighted by atomic mass is 10.2. The van der Waals surface area contributed by atoms with E-state index < -0.39 is 6.04 Å². The molecule has 124 valence electrons. The van der Waals surface area contributed by atoms with Crippen LogP contribution in [-0.2, 0) is 4.79 Å². The van der Waals surface area contributed by atoms with Gasteiger partial charge >= 0.3 is 0 Å². The highest BCUT2D eigenvalue weighted by atomic mass is 32.2. The molecule has 8 heteroatoms. The first kappa shape index (κ1) is 16.9. The molecule has 2 N–H and O–H groups in total. The zero-order valence-electron chi connectivity index (χ0n) is 13.1.